The summed E-state index contributed by atoms with van der Waals surface area (Å²) < 4.78 is 1.82. The molecule has 5 aromatic rings. The van der Waals surface area contributed by atoms with Crippen molar-refractivity contribution in [3.05, 3.63) is 96.6 Å². The molecule has 146 valence electrons. The number of benzene rings is 2. The Morgan fingerprint density at radius 2 is 1.73 bits per heavy atom. The molecule has 3 aromatic heterocycles. The van der Waals surface area contributed by atoms with Crippen molar-refractivity contribution in [2.24, 2.45) is 0 Å². The summed E-state index contributed by atoms with van der Waals surface area (Å²) in [5.74, 6) is -0.236. The van der Waals surface area contributed by atoms with E-state index in [9.17, 15) is 4.79 Å². The molecular formula is C23H18N6O. The predicted octanol–water partition coefficient (Wildman–Crippen LogP) is 3.74. The molecule has 1 amide bonds. The lowest BCUT2D eigenvalue weighted by Crippen LogP contribution is -2.23. The number of pyridine rings is 1. The van der Waals surface area contributed by atoms with Gasteiger partial charge in [0.15, 0.2) is 5.69 Å². The summed E-state index contributed by atoms with van der Waals surface area (Å²) in [7, 11) is 0. The monoisotopic (exact) mass is 394 g/mol. The molecule has 0 aliphatic rings. The lowest BCUT2D eigenvalue weighted by Gasteiger charge is -2.04. The van der Waals surface area contributed by atoms with Crippen LogP contribution in [0.1, 0.15) is 16.1 Å². The predicted molar refractivity (Wildman–Crippen MR) is 114 cm³/mol. The minimum absolute atomic E-state index is 0.236. The van der Waals surface area contributed by atoms with E-state index in [0.29, 0.717) is 12.2 Å². The zero-order valence-corrected chi connectivity index (χ0v) is 16.0. The molecule has 0 aliphatic heterocycles. The van der Waals surface area contributed by atoms with Gasteiger partial charge in [-0.3, -0.25) is 14.9 Å². The zero-order valence-electron chi connectivity index (χ0n) is 16.0. The molecule has 2 N–H and O–H groups in total. The maximum Gasteiger partial charge on any atom is 0.272 e. The Morgan fingerprint density at radius 1 is 0.967 bits per heavy atom. The number of nitrogens with zero attached hydrogens (tertiary/aromatic N) is 4. The van der Waals surface area contributed by atoms with E-state index in [0.717, 1.165) is 33.4 Å². The number of aromatic nitrogens is 5. The Bertz CT molecular complexity index is 1310. The van der Waals surface area contributed by atoms with Crippen LogP contribution in [0.4, 0.5) is 0 Å². The summed E-state index contributed by atoms with van der Waals surface area (Å²) in [5.41, 5.74) is 4.80. The van der Waals surface area contributed by atoms with Crippen LogP contribution in [0.3, 0.4) is 0 Å². The van der Waals surface area contributed by atoms with Crippen molar-refractivity contribution in [3.8, 4) is 16.9 Å². The molecule has 7 heteroatoms. The number of aromatic amines is 1. The molecule has 30 heavy (non-hydrogen) atoms. The average molecular weight is 394 g/mol. The Balaban J connectivity index is 1.46. The van der Waals surface area contributed by atoms with Crippen LogP contribution >= 0.6 is 0 Å². The van der Waals surface area contributed by atoms with Gasteiger partial charge in [0.25, 0.3) is 5.91 Å². The van der Waals surface area contributed by atoms with Crippen molar-refractivity contribution < 1.29 is 4.79 Å². The zero-order chi connectivity index (χ0) is 20.3. The minimum Gasteiger partial charge on any atom is -0.346 e. The fraction of sp³-hybridized carbons (Fsp3) is 0.0435. The topological polar surface area (TPSA) is 88.5 Å². The fourth-order valence-electron chi connectivity index (χ4n) is 3.40. The molecule has 0 saturated heterocycles. The largest absolute Gasteiger partial charge is 0.346 e. The second-order valence-corrected chi connectivity index (χ2v) is 6.82. The molecule has 5 rings (SSSR count). The number of carbonyl (C=O) groups excluding carboxylic acids is 1. The first-order chi connectivity index (χ1) is 14.8. The van der Waals surface area contributed by atoms with Crippen LogP contribution < -0.4 is 5.32 Å². The molecule has 7 nitrogen and oxygen atoms in total. The van der Waals surface area contributed by atoms with Crippen LogP contribution in [-0.4, -0.2) is 30.9 Å². The van der Waals surface area contributed by atoms with Crippen LogP contribution in [0.15, 0.2) is 85.3 Å². The molecule has 0 fully saturated rings. The second-order valence-electron chi connectivity index (χ2n) is 6.82. The van der Waals surface area contributed by atoms with Crippen LogP contribution in [0.25, 0.3) is 27.8 Å². The number of hydrogen-bond donors (Lipinski definition) is 2. The summed E-state index contributed by atoms with van der Waals surface area (Å²) in [4.78, 5) is 16.9. The molecule has 0 saturated carbocycles. The third kappa shape index (κ3) is 3.33. The second kappa shape index (κ2) is 7.63. The summed E-state index contributed by atoms with van der Waals surface area (Å²) >= 11 is 0. The molecule has 2 aromatic carbocycles. The van der Waals surface area contributed by atoms with Crippen LogP contribution in [0.5, 0.6) is 0 Å². The van der Waals surface area contributed by atoms with Gasteiger partial charge in [-0.1, -0.05) is 36.4 Å². The highest BCUT2D eigenvalue weighted by atomic mass is 16.1. The van der Waals surface area contributed by atoms with Gasteiger partial charge in [-0.25, -0.2) is 4.68 Å². The normalized spacial score (nSPS) is 10.9. The first kappa shape index (κ1) is 17.8. The lowest BCUT2D eigenvalue weighted by atomic mass is 10.1. The number of carbonyl (C=O) groups is 1. The molecule has 3 heterocycles. The summed E-state index contributed by atoms with van der Waals surface area (Å²) in [6, 6.07) is 21.2. The maximum absolute atomic E-state index is 12.8. The number of fused-ring (bicyclic) bond motifs is 1. The Hall–Kier alpha value is -4.26. The molecule has 0 aliphatic carbocycles. The van der Waals surface area contributed by atoms with Crippen LogP contribution in [0, 0.1) is 0 Å². The van der Waals surface area contributed by atoms with Crippen molar-refractivity contribution in [3.63, 3.8) is 0 Å². The fourth-order valence-corrected chi connectivity index (χ4v) is 3.40. The van der Waals surface area contributed by atoms with Crippen molar-refractivity contribution in [1.82, 2.24) is 30.3 Å². The lowest BCUT2D eigenvalue weighted by molar-refractivity contribution is 0.0947. The number of amides is 1. The van der Waals surface area contributed by atoms with E-state index in [2.05, 4.69) is 20.5 Å². The van der Waals surface area contributed by atoms with E-state index in [1.54, 1.807) is 12.4 Å². The minimum atomic E-state index is -0.236. The molecule has 0 atom stereocenters. The number of para-hydroxylation sites is 2. The van der Waals surface area contributed by atoms with E-state index < -0.39 is 0 Å². The number of hydrogen-bond acceptors (Lipinski definition) is 4. The van der Waals surface area contributed by atoms with Gasteiger partial charge in [-0.15, -0.1) is 0 Å². The molecule has 0 unspecified atom stereocenters. The van der Waals surface area contributed by atoms with E-state index in [4.69, 9.17) is 5.10 Å². The van der Waals surface area contributed by atoms with Crippen molar-refractivity contribution in [2.75, 3.05) is 0 Å². The highest BCUT2D eigenvalue weighted by molar-refractivity contribution is 6.04. The number of nitrogens with one attached hydrogen (secondary N) is 2. The van der Waals surface area contributed by atoms with Gasteiger partial charge >= 0.3 is 0 Å². The number of rotatable bonds is 5. The third-order valence-electron chi connectivity index (χ3n) is 4.89. The van der Waals surface area contributed by atoms with Crippen LogP contribution in [-0.2, 0) is 6.54 Å². The van der Waals surface area contributed by atoms with Gasteiger partial charge in [0, 0.05) is 41.6 Å². The van der Waals surface area contributed by atoms with Crippen LogP contribution in [0.2, 0.25) is 0 Å². The third-order valence-corrected chi connectivity index (χ3v) is 4.89. The van der Waals surface area contributed by atoms with E-state index >= 15 is 0 Å². The van der Waals surface area contributed by atoms with Gasteiger partial charge in [-0.2, -0.15) is 10.2 Å². The van der Waals surface area contributed by atoms with Gasteiger partial charge in [0.2, 0.25) is 0 Å². The summed E-state index contributed by atoms with van der Waals surface area (Å²) in [6.07, 6.45) is 5.40. The smallest absolute Gasteiger partial charge is 0.272 e. The van der Waals surface area contributed by atoms with Crippen molar-refractivity contribution in [2.45, 2.75) is 6.54 Å². The Morgan fingerprint density at radius 3 is 2.57 bits per heavy atom. The van der Waals surface area contributed by atoms with Crippen molar-refractivity contribution in [1.29, 1.82) is 0 Å². The first-order valence-electron chi connectivity index (χ1n) is 9.55. The van der Waals surface area contributed by atoms with E-state index in [1.165, 1.54) is 0 Å². The van der Waals surface area contributed by atoms with E-state index in [-0.39, 0.29) is 5.91 Å². The summed E-state index contributed by atoms with van der Waals surface area (Å²) in [6.45, 7) is 0.324. The number of H-pyrrole nitrogens is 1. The quantitative estimate of drug-likeness (QED) is 0.475. The molecule has 0 bridgehead atoms. The standard InChI is InChI=1S/C23H18N6O/c30-23(22-19-8-4-5-9-20(19)26-27-22)25-14-17-15-29(18-6-2-1-3-7-18)28-21(17)16-10-12-24-13-11-16/h1-13,15H,14H2,(H,25,30)(H,26,27). The van der Waals surface area contributed by atoms with E-state index in [1.807, 2.05) is 77.6 Å². The Labute approximate surface area is 172 Å². The SMILES string of the molecule is O=C(NCc1cn(-c2ccccc2)nc1-c1ccncc1)c1n[nH]c2ccccc12. The van der Waals surface area contributed by atoms with Gasteiger partial charge < -0.3 is 5.32 Å². The van der Waals surface area contributed by atoms with Gasteiger partial charge in [0.1, 0.15) is 0 Å². The molecular weight excluding hydrogens is 376 g/mol. The van der Waals surface area contributed by atoms with Crippen molar-refractivity contribution >= 4 is 16.8 Å². The highest BCUT2D eigenvalue weighted by Gasteiger charge is 2.16. The molecule has 0 radical (unpaired) electrons. The highest BCUT2D eigenvalue weighted by Crippen LogP contribution is 2.23. The maximum atomic E-state index is 12.8. The summed E-state index contributed by atoms with van der Waals surface area (Å²) in [5, 5.41) is 15.6. The first-order valence-corrected chi connectivity index (χ1v) is 9.55. The van der Waals surface area contributed by atoms with Gasteiger partial charge in [-0.05, 0) is 30.3 Å². The molecule has 0 spiro atoms. The Kier molecular flexibility index (Phi) is 4.53. The average Bonchev–Trinajstić information content (AvgIpc) is 3.43. The van der Waals surface area contributed by atoms with Gasteiger partial charge in [0.05, 0.1) is 16.9 Å².